The van der Waals surface area contributed by atoms with E-state index in [-0.39, 0.29) is 0 Å². The van der Waals surface area contributed by atoms with Crippen LogP contribution in [0.3, 0.4) is 0 Å². The van der Waals surface area contributed by atoms with Gasteiger partial charge in [0.15, 0.2) is 0 Å². The summed E-state index contributed by atoms with van der Waals surface area (Å²) in [5.41, 5.74) is 4.27. The van der Waals surface area contributed by atoms with Gasteiger partial charge in [-0.2, -0.15) is 5.26 Å². The molecule has 1 aromatic rings. The number of benzene rings is 1. The summed E-state index contributed by atoms with van der Waals surface area (Å²) in [4.78, 5) is -0.474. The predicted molar refractivity (Wildman–Crippen MR) is 60.3 cm³/mol. The molecular weight excluding hydrogens is 283 g/mol. The molecule has 0 fully saturated rings. The van der Waals surface area contributed by atoms with E-state index in [1.807, 2.05) is 0 Å². The number of hydrogen-bond donors (Lipinski definition) is 2. The number of alkyl halides is 2. The zero-order valence-electron chi connectivity index (χ0n) is 9.53. The van der Waals surface area contributed by atoms with Gasteiger partial charge in [0.2, 0.25) is 10.0 Å². The van der Waals surface area contributed by atoms with Crippen molar-refractivity contribution in [1.82, 2.24) is 4.72 Å². The second-order valence-electron chi connectivity index (χ2n) is 3.64. The molecule has 0 saturated carbocycles. The minimum absolute atomic E-state index is 0.474. The Morgan fingerprint density at radius 1 is 1.42 bits per heavy atom. The van der Waals surface area contributed by atoms with Crippen LogP contribution in [0.25, 0.3) is 0 Å². The Morgan fingerprint density at radius 2 is 2.05 bits per heavy atom. The second-order valence-corrected chi connectivity index (χ2v) is 5.41. The van der Waals surface area contributed by atoms with Crippen LogP contribution in [0.15, 0.2) is 23.1 Å². The Bertz CT molecular complexity index is 611. The number of halogens is 3. The van der Waals surface area contributed by atoms with Crippen molar-refractivity contribution in [3.8, 4) is 6.07 Å². The molecular formula is C10H10F3N3O2S. The summed E-state index contributed by atoms with van der Waals surface area (Å²) in [6.07, 6.45) is 0. The molecule has 1 rings (SSSR count). The molecule has 0 spiro atoms. The van der Waals surface area contributed by atoms with Crippen molar-refractivity contribution in [3.63, 3.8) is 0 Å². The van der Waals surface area contributed by atoms with Crippen LogP contribution in [0, 0.1) is 17.1 Å². The minimum Gasteiger partial charge on any atom is -0.325 e. The third-order valence-corrected chi connectivity index (χ3v) is 3.59. The normalized spacial score (nSPS) is 12.2. The molecule has 104 valence electrons. The third kappa shape index (κ3) is 3.92. The van der Waals surface area contributed by atoms with Crippen molar-refractivity contribution in [2.24, 2.45) is 5.73 Å². The fourth-order valence-corrected chi connectivity index (χ4v) is 2.20. The first-order chi connectivity index (χ1) is 8.72. The highest BCUT2D eigenvalue weighted by Gasteiger charge is 2.29. The van der Waals surface area contributed by atoms with Crippen LogP contribution in [0.4, 0.5) is 13.2 Å². The van der Waals surface area contributed by atoms with Gasteiger partial charge in [-0.05, 0) is 18.2 Å². The molecule has 0 aliphatic rings. The zero-order chi connectivity index (χ0) is 14.7. The van der Waals surface area contributed by atoms with E-state index in [1.54, 1.807) is 4.72 Å². The summed E-state index contributed by atoms with van der Waals surface area (Å²) in [5.74, 6) is -4.28. The van der Waals surface area contributed by atoms with Crippen LogP contribution in [0.1, 0.15) is 5.56 Å². The van der Waals surface area contributed by atoms with E-state index >= 15 is 0 Å². The van der Waals surface area contributed by atoms with Crippen molar-refractivity contribution in [2.45, 2.75) is 10.8 Å². The van der Waals surface area contributed by atoms with Crippen molar-refractivity contribution in [1.29, 1.82) is 5.26 Å². The standard InChI is InChI=1S/C10H10F3N3O2S/c11-9-2-1-8(3-7(9)4-14)19(17,18)16-6-10(12,13)5-15/h1-3,16H,5-6,15H2. The third-order valence-electron chi connectivity index (χ3n) is 2.19. The van der Waals surface area contributed by atoms with Gasteiger partial charge in [0.1, 0.15) is 11.9 Å². The molecule has 0 aromatic heterocycles. The summed E-state index contributed by atoms with van der Waals surface area (Å²) in [6.45, 7) is -2.19. The molecule has 0 aliphatic heterocycles. The van der Waals surface area contributed by atoms with Crippen LogP contribution in [-0.2, 0) is 10.0 Å². The first-order valence-corrected chi connectivity index (χ1v) is 6.47. The van der Waals surface area contributed by atoms with Crippen molar-refractivity contribution < 1.29 is 21.6 Å². The molecule has 0 bridgehead atoms. The summed E-state index contributed by atoms with van der Waals surface area (Å²) >= 11 is 0. The fourth-order valence-electron chi connectivity index (χ4n) is 1.11. The van der Waals surface area contributed by atoms with Crippen LogP contribution in [0.2, 0.25) is 0 Å². The van der Waals surface area contributed by atoms with Crippen LogP contribution in [-0.4, -0.2) is 27.4 Å². The molecule has 0 heterocycles. The molecule has 0 saturated heterocycles. The van der Waals surface area contributed by atoms with Gasteiger partial charge >= 0.3 is 0 Å². The number of nitrogens with zero attached hydrogens (tertiary/aromatic N) is 1. The number of nitrogens with two attached hydrogens (primary N) is 1. The molecule has 5 nitrogen and oxygen atoms in total. The van der Waals surface area contributed by atoms with Gasteiger partial charge in [-0.25, -0.2) is 26.3 Å². The molecule has 0 amide bonds. The van der Waals surface area contributed by atoms with E-state index in [0.717, 1.165) is 18.2 Å². The molecule has 3 N–H and O–H groups in total. The van der Waals surface area contributed by atoms with E-state index in [4.69, 9.17) is 11.0 Å². The largest absolute Gasteiger partial charge is 0.325 e. The van der Waals surface area contributed by atoms with Crippen molar-refractivity contribution >= 4 is 10.0 Å². The first kappa shape index (κ1) is 15.4. The molecule has 1 aromatic carbocycles. The number of hydrogen-bond acceptors (Lipinski definition) is 4. The zero-order valence-corrected chi connectivity index (χ0v) is 10.3. The first-order valence-electron chi connectivity index (χ1n) is 4.99. The summed E-state index contributed by atoms with van der Waals surface area (Å²) in [6, 6.07) is 3.86. The van der Waals surface area contributed by atoms with Crippen molar-refractivity contribution in [3.05, 3.63) is 29.6 Å². The topological polar surface area (TPSA) is 96.0 Å². The van der Waals surface area contributed by atoms with Gasteiger partial charge in [-0.15, -0.1) is 0 Å². The summed E-state index contributed by atoms with van der Waals surface area (Å²) < 4.78 is 63.7. The maximum atomic E-state index is 13.0. The molecule has 9 heteroatoms. The molecule has 0 unspecified atom stereocenters. The maximum absolute atomic E-state index is 13.0. The maximum Gasteiger partial charge on any atom is 0.273 e. The van der Waals surface area contributed by atoms with Gasteiger partial charge in [-0.1, -0.05) is 0 Å². The summed E-state index contributed by atoms with van der Waals surface area (Å²) in [7, 11) is -4.26. The molecule has 0 atom stereocenters. The highest BCUT2D eigenvalue weighted by atomic mass is 32.2. The highest BCUT2D eigenvalue weighted by Crippen LogP contribution is 2.16. The summed E-state index contributed by atoms with van der Waals surface area (Å²) in [5, 5.41) is 8.56. The van der Waals surface area contributed by atoms with E-state index in [2.05, 4.69) is 0 Å². The molecule has 0 radical (unpaired) electrons. The lowest BCUT2D eigenvalue weighted by Gasteiger charge is -2.14. The Balaban J connectivity index is 2.99. The number of sulfonamides is 1. The molecule has 19 heavy (non-hydrogen) atoms. The monoisotopic (exact) mass is 293 g/mol. The van der Waals surface area contributed by atoms with Gasteiger partial charge in [0, 0.05) is 0 Å². The lowest BCUT2D eigenvalue weighted by Crippen LogP contribution is -2.41. The highest BCUT2D eigenvalue weighted by molar-refractivity contribution is 7.89. The Kier molecular flexibility index (Phi) is 4.52. The van der Waals surface area contributed by atoms with Gasteiger partial charge in [0.05, 0.1) is 23.5 Å². The fraction of sp³-hybridized carbons (Fsp3) is 0.300. The number of rotatable bonds is 5. The van der Waals surface area contributed by atoms with E-state index in [1.165, 1.54) is 6.07 Å². The predicted octanol–water partition coefficient (Wildman–Crippen LogP) is 0.570. The van der Waals surface area contributed by atoms with Crippen LogP contribution < -0.4 is 10.5 Å². The average Bonchev–Trinajstić information content (AvgIpc) is 2.37. The lowest BCUT2D eigenvalue weighted by molar-refractivity contribution is 0.0170. The van der Waals surface area contributed by atoms with Crippen LogP contribution >= 0.6 is 0 Å². The average molecular weight is 293 g/mol. The Morgan fingerprint density at radius 3 is 2.58 bits per heavy atom. The van der Waals surface area contributed by atoms with Gasteiger partial charge in [-0.3, -0.25) is 0 Å². The SMILES string of the molecule is N#Cc1cc(S(=O)(=O)NCC(F)(F)CN)ccc1F. The van der Waals surface area contributed by atoms with Crippen LogP contribution in [0.5, 0.6) is 0 Å². The second kappa shape index (κ2) is 5.56. The van der Waals surface area contributed by atoms with E-state index in [0.29, 0.717) is 0 Å². The smallest absolute Gasteiger partial charge is 0.273 e. The van der Waals surface area contributed by atoms with E-state index in [9.17, 15) is 21.6 Å². The Hall–Kier alpha value is -1.63. The number of nitrogens with one attached hydrogen (secondary N) is 1. The van der Waals surface area contributed by atoms with Gasteiger partial charge in [0.25, 0.3) is 5.92 Å². The van der Waals surface area contributed by atoms with Crippen molar-refractivity contribution in [2.75, 3.05) is 13.1 Å². The molecule has 0 aliphatic carbocycles. The number of nitriles is 1. The quantitative estimate of drug-likeness (QED) is 0.829. The van der Waals surface area contributed by atoms with E-state index < -0.39 is 45.3 Å². The van der Waals surface area contributed by atoms with Gasteiger partial charge < -0.3 is 5.73 Å². The Labute approximate surface area is 107 Å². The minimum atomic E-state index is -4.26. The lowest BCUT2D eigenvalue weighted by atomic mass is 10.2.